The van der Waals surface area contributed by atoms with E-state index in [1.807, 2.05) is 12.1 Å². The van der Waals surface area contributed by atoms with Gasteiger partial charge in [-0.05, 0) is 43.4 Å². The Hall–Kier alpha value is -0.480. The van der Waals surface area contributed by atoms with E-state index < -0.39 is 0 Å². The van der Waals surface area contributed by atoms with Crippen LogP contribution in [0.3, 0.4) is 0 Å². The minimum absolute atomic E-state index is 0. The van der Waals surface area contributed by atoms with E-state index in [2.05, 4.69) is 17.1 Å². The van der Waals surface area contributed by atoms with Crippen molar-refractivity contribution in [2.45, 2.75) is 38.1 Å². The first-order valence-electron chi connectivity index (χ1n) is 8.08. The van der Waals surface area contributed by atoms with Gasteiger partial charge in [0.1, 0.15) is 0 Å². The number of nitrogens with zero attached hydrogens (tertiary/aromatic N) is 1. The molecule has 2 aliphatic rings. The van der Waals surface area contributed by atoms with Crippen molar-refractivity contribution in [1.82, 2.24) is 10.2 Å². The van der Waals surface area contributed by atoms with Crippen molar-refractivity contribution in [3.05, 3.63) is 33.8 Å². The van der Waals surface area contributed by atoms with Gasteiger partial charge in [-0.1, -0.05) is 42.3 Å². The molecule has 3 atom stereocenters. The zero-order valence-electron chi connectivity index (χ0n) is 13.2. The number of carbonyl (C=O) groups is 1. The molecule has 1 saturated heterocycles. The van der Waals surface area contributed by atoms with Gasteiger partial charge >= 0.3 is 0 Å². The summed E-state index contributed by atoms with van der Waals surface area (Å²) in [7, 11) is 0. The van der Waals surface area contributed by atoms with Crippen LogP contribution >= 0.6 is 35.6 Å². The second-order valence-electron chi connectivity index (χ2n) is 6.27. The zero-order chi connectivity index (χ0) is 15.7. The van der Waals surface area contributed by atoms with Crippen LogP contribution in [0.25, 0.3) is 0 Å². The van der Waals surface area contributed by atoms with Crippen LogP contribution in [0.4, 0.5) is 0 Å². The number of nitrogens with one attached hydrogen (secondary N) is 1. The average Bonchev–Trinajstić information content (AvgIpc) is 3.12. The van der Waals surface area contributed by atoms with Crippen molar-refractivity contribution >= 4 is 41.5 Å². The Balaban J connectivity index is 0.00000192. The molecule has 1 heterocycles. The number of carbonyl (C=O) groups excluding carboxylic acids is 1. The first kappa shape index (κ1) is 18.9. The third-order valence-electron chi connectivity index (χ3n) is 4.71. The summed E-state index contributed by atoms with van der Waals surface area (Å²) in [4.78, 5) is 15.0. The molecule has 2 fully saturated rings. The van der Waals surface area contributed by atoms with E-state index >= 15 is 0 Å². The highest BCUT2D eigenvalue weighted by Gasteiger charge is 2.47. The summed E-state index contributed by atoms with van der Waals surface area (Å²) in [6, 6.07) is 6.05. The number of amides is 1. The predicted molar refractivity (Wildman–Crippen MR) is 97.8 cm³/mol. The number of halogens is 3. The smallest absolute Gasteiger partial charge is 0.226 e. The fourth-order valence-corrected chi connectivity index (χ4v) is 3.90. The summed E-state index contributed by atoms with van der Waals surface area (Å²) in [5.41, 5.74) is 1.02. The predicted octanol–water partition coefficient (Wildman–Crippen LogP) is 4.12. The van der Waals surface area contributed by atoms with E-state index in [-0.39, 0.29) is 30.2 Å². The number of hydrogen-bond acceptors (Lipinski definition) is 2. The summed E-state index contributed by atoms with van der Waals surface area (Å²) in [5, 5.41) is 4.53. The van der Waals surface area contributed by atoms with Gasteiger partial charge in [0.25, 0.3) is 0 Å². The normalized spacial score (nSPS) is 25.8. The average molecular weight is 378 g/mol. The SMILES string of the molecule is CCCN(C(=O)C1CC1c1cccc(Cl)c1Cl)C1CCNC1.Cl. The van der Waals surface area contributed by atoms with E-state index in [1.165, 1.54) is 0 Å². The molecule has 23 heavy (non-hydrogen) atoms. The summed E-state index contributed by atoms with van der Waals surface area (Å²) in [6.45, 7) is 4.89. The topological polar surface area (TPSA) is 32.3 Å². The minimum atomic E-state index is 0. The van der Waals surface area contributed by atoms with Gasteiger partial charge in [0.05, 0.1) is 10.0 Å². The molecule has 6 heteroatoms. The fraction of sp³-hybridized carbons (Fsp3) is 0.588. The largest absolute Gasteiger partial charge is 0.338 e. The van der Waals surface area contributed by atoms with Crippen LogP contribution in [0, 0.1) is 5.92 Å². The van der Waals surface area contributed by atoms with Crippen molar-refractivity contribution in [3.8, 4) is 0 Å². The van der Waals surface area contributed by atoms with Gasteiger partial charge in [-0.2, -0.15) is 0 Å². The fourth-order valence-electron chi connectivity index (χ4n) is 3.45. The maximum absolute atomic E-state index is 12.9. The molecule has 3 unspecified atom stereocenters. The molecule has 0 spiro atoms. The first-order chi connectivity index (χ1) is 10.6. The summed E-state index contributed by atoms with van der Waals surface area (Å²) < 4.78 is 0. The second kappa shape index (κ2) is 8.06. The lowest BCUT2D eigenvalue weighted by Crippen LogP contribution is -2.43. The van der Waals surface area contributed by atoms with Crippen molar-refractivity contribution in [2.75, 3.05) is 19.6 Å². The third-order valence-corrected chi connectivity index (χ3v) is 5.54. The van der Waals surface area contributed by atoms with Crippen LogP contribution in [0.5, 0.6) is 0 Å². The molecule has 1 aliphatic heterocycles. The number of benzene rings is 1. The Morgan fingerprint density at radius 2 is 2.17 bits per heavy atom. The van der Waals surface area contributed by atoms with Crippen LogP contribution in [-0.4, -0.2) is 36.5 Å². The molecule has 1 N–H and O–H groups in total. The molecule has 1 aromatic carbocycles. The van der Waals surface area contributed by atoms with Gasteiger partial charge in [-0.3, -0.25) is 4.79 Å². The molecule has 3 rings (SSSR count). The molecule has 1 amide bonds. The van der Waals surface area contributed by atoms with Crippen molar-refractivity contribution in [2.24, 2.45) is 5.92 Å². The standard InChI is InChI=1S/C17H22Cl2N2O.ClH/c1-2-8-21(11-6-7-20-10-11)17(22)14-9-13(14)12-4-3-5-15(18)16(12)19;/h3-5,11,13-14,20H,2,6-10H2,1H3;1H. The Kier molecular flexibility index (Phi) is 6.61. The minimum Gasteiger partial charge on any atom is -0.338 e. The molecule has 0 bridgehead atoms. The zero-order valence-corrected chi connectivity index (χ0v) is 15.6. The molecular weight excluding hydrogens is 355 g/mol. The van der Waals surface area contributed by atoms with Crippen molar-refractivity contribution in [1.29, 1.82) is 0 Å². The van der Waals surface area contributed by atoms with Gasteiger partial charge in [0, 0.05) is 25.0 Å². The van der Waals surface area contributed by atoms with Gasteiger partial charge in [0.2, 0.25) is 5.91 Å². The van der Waals surface area contributed by atoms with Gasteiger partial charge < -0.3 is 10.2 Å². The Labute approximate surface area is 154 Å². The summed E-state index contributed by atoms with van der Waals surface area (Å²) in [6.07, 6.45) is 2.94. The van der Waals surface area contributed by atoms with Crippen LogP contribution in [0.15, 0.2) is 18.2 Å². The molecule has 128 valence electrons. The molecule has 3 nitrogen and oxygen atoms in total. The third kappa shape index (κ3) is 3.96. The maximum Gasteiger partial charge on any atom is 0.226 e. The summed E-state index contributed by atoms with van der Waals surface area (Å²) >= 11 is 12.4. The van der Waals surface area contributed by atoms with Gasteiger partial charge in [0.15, 0.2) is 0 Å². The van der Waals surface area contributed by atoms with E-state index in [0.29, 0.717) is 16.1 Å². The van der Waals surface area contributed by atoms with Crippen molar-refractivity contribution < 1.29 is 4.79 Å². The van der Waals surface area contributed by atoms with Gasteiger partial charge in [-0.25, -0.2) is 0 Å². The Bertz CT molecular complexity index is 561. The lowest BCUT2D eigenvalue weighted by molar-refractivity contribution is -0.134. The van der Waals surface area contributed by atoms with Crippen LogP contribution in [0.2, 0.25) is 10.0 Å². The number of hydrogen-bond donors (Lipinski definition) is 1. The lowest BCUT2D eigenvalue weighted by Gasteiger charge is -2.28. The van der Waals surface area contributed by atoms with E-state index in [0.717, 1.165) is 44.5 Å². The second-order valence-corrected chi connectivity index (χ2v) is 7.06. The number of rotatable bonds is 5. The molecule has 1 aromatic rings. The van der Waals surface area contributed by atoms with E-state index in [1.54, 1.807) is 6.07 Å². The molecular formula is C17H23Cl3N2O. The highest BCUT2D eigenvalue weighted by molar-refractivity contribution is 6.42. The Morgan fingerprint density at radius 1 is 1.39 bits per heavy atom. The monoisotopic (exact) mass is 376 g/mol. The van der Waals surface area contributed by atoms with Crippen LogP contribution in [0.1, 0.15) is 37.7 Å². The summed E-state index contributed by atoms with van der Waals surface area (Å²) in [5.74, 6) is 0.590. The van der Waals surface area contributed by atoms with Crippen molar-refractivity contribution in [3.63, 3.8) is 0 Å². The van der Waals surface area contributed by atoms with Gasteiger partial charge in [-0.15, -0.1) is 12.4 Å². The molecule has 1 aliphatic carbocycles. The van der Waals surface area contributed by atoms with Crippen LogP contribution in [-0.2, 0) is 4.79 Å². The molecule has 0 aromatic heterocycles. The van der Waals surface area contributed by atoms with Crippen LogP contribution < -0.4 is 5.32 Å². The first-order valence-corrected chi connectivity index (χ1v) is 8.84. The Morgan fingerprint density at radius 3 is 2.83 bits per heavy atom. The molecule has 1 saturated carbocycles. The highest BCUT2D eigenvalue weighted by atomic mass is 35.5. The maximum atomic E-state index is 12.9. The van der Waals surface area contributed by atoms with E-state index in [9.17, 15) is 4.79 Å². The lowest BCUT2D eigenvalue weighted by atomic mass is 10.1. The quantitative estimate of drug-likeness (QED) is 0.837. The highest BCUT2D eigenvalue weighted by Crippen LogP contribution is 2.51. The molecule has 0 radical (unpaired) electrons. The van der Waals surface area contributed by atoms with E-state index in [4.69, 9.17) is 23.2 Å².